The number of benzene rings is 2. The Kier molecular flexibility index (Phi) is 8.26. The maximum atomic E-state index is 14.2. The van der Waals surface area contributed by atoms with Gasteiger partial charge in [-0.05, 0) is 56.9 Å². The Hall–Kier alpha value is -2.97. The number of hydrogen-bond donors (Lipinski definition) is 1. The van der Waals surface area contributed by atoms with Gasteiger partial charge in [0.25, 0.3) is 11.8 Å². The van der Waals surface area contributed by atoms with Crippen molar-refractivity contribution in [3.8, 4) is 5.75 Å². The first-order valence-corrected chi connectivity index (χ1v) is 13.2. The first kappa shape index (κ1) is 26.1. The summed E-state index contributed by atoms with van der Waals surface area (Å²) in [5.74, 6) is -0.262. The van der Waals surface area contributed by atoms with Gasteiger partial charge in [-0.25, -0.2) is 9.37 Å². The average Bonchev–Trinajstić information content (AvgIpc) is 3.34. The summed E-state index contributed by atoms with van der Waals surface area (Å²) >= 11 is 7.51. The monoisotopic (exact) mass is 529 g/mol. The molecule has 0 aliphatic carbocycles. The first-order valence-electron chi connectivity index (χ1n) is 11.9. The third kappa shape index (κ3) is 5.87. The van der Waals surface area contributed by atoms with Crippen LogP contribution in [0, 0.1) is 19.7 Å². The number of nitrogens with zero attached hydrogens (tertiary/aromatic N) is 2. The Morgan fingerprint density at radius 1 is 1.19 bits per heavy atom. The van der Waals surface area contributed by atoms with Crippen LogP contribution in [0.1, 0.15) is 62.7 Å². The molecule has 9 heteroatoms. The Bertz CT molecular complexity index is 1220. The molecule has 1 unspecified atom stereocenters. The fourth-order valence-corrected chi connectivity index (χ4v) is 5.56. The number of halogens is 2. The van der Waals surface area contributed by atoms with Gasteiger partial charge >= 0.3 is 0 Å². The predicted molar refractivity (Wildman–Crippen MR) is 140 cm³/mol. The SMILES string of the molecule is Cc1cccc(C)c1OCC(C)NC(=O)c1csc(C2CCN(C(=O)c3c(F)cccc3Cl)CC2)n1. The van der Waals surface area contributed by atoms with Crippen molar-refractivity contribution in [2.75, 3.05) is 19.7 Å². The molecule has 36 heavy (non-hydrogen) atoms. The van der Waals surface area contributed by atoms with Gasteiger partial charge in [-0.3, -0.25) is 9.59 Å². The summed E-state index contributed by atoms with van der Waals surface area (Å²) in [4.78, 5) is 31.7. The number of amides is 2. The number of aryl methyl sites for hydroxylation is 2. The molecule has 1 aliphatic heterocycles. The molecule has 1 aliphatic rings. The normalized spacial score (nSPS) is 15.0. The fourth-order valence-electron chi connectivity index (χ4n) is 4.34. The zero-order valence-electron chi connectivity index (χ0n) is 20.5. The van der Waals surface area contributed by atoms with Crippen molar-refractivity contribution in [3.05, 3.63) is 80.0 Å². The van der Waals surface area contributed by atoms with E-state index in [0.717, 1.165) is 21.9 Å². The molecular formula is C27H29ClFN3O3S. The lowest BCUT2D eigenvalue weighted by Crippen LogP contribution is -2.38. The van der Waals surface area contributed by atoms with Crippen molar-refractivity contribution in [1.29, 1.82) is 0 Å². The standard InChI is InChI=1S/C27H29ClFN3O3S/c1-16-6-4-7-17(2)24(16)35-14-18(3)30-25(33)22-15-36-26(31-22)19-10-12-32(13-11-19)27(34)23-20(28)8-5-9-21(23)29/h4-9,15,18-19H,10-14H2,1-3H3,(H,30,33). The third-order valence-corrected chi connectivity index (χ3v) is 7.65. The van der Waals surface area contributed by atoms with E-state index in [1.54, 1.807) is 10.3 Å². The minimum atomic E-state index is -0.612. The number of nitrogens with one attached hydrogen (secondary N) is 1. The minimum Gasteiger partial charge on any atom is -0.491 e. The predicted octanol–water partition coefficient (Wildman–Crippen LogP) is 5.77. The second kappa shape index (κ2) is 11.4. The van der Waals surface area contributed by atoms with E-state index in [9.17, 15) is 14.0 Å². The topological polar surface area (TPSA) is 71.5 Å². The lowest BCUT2D eigenvalue weighted by Gasteiger charge is -2.31. The highest BCUT2D eigenvalue weighted by atomic mass is 35.5. The van der Waals surface area contributed by atoms with Crippen LogP contribution in [-0.4, -0.2) is 47.4 Å². The van der Waals surface area contributed by atoms with Crippen LogP contribution in [0.2, 0.25) is 5.02 Å². The highest BCUT2D eigenvalue weighted by molar-refractivity contribution is 7.09. The third-order valence-electron chi connectivity index (χ3n) is 6.33. The Balaban J connectivity index is 1.30. The van der Waals surface area contributed by atoms with Crippen LogP contribution >= 0.6 is 22.9 Å². The largest absolute Gasteiger partial charge is 0.491 e. The molecule has 0 radical (unpaired) electrons. The molecule has 0 spiro atoms. The van der Waals surface area contributed by atoms with E-state index in [-0.39, 0.29) is 28.5 Å². The molecule has 1 N–H and O–H groups in total. The molecule has 4 rings (SSSR count). The number of aromatic nitrogens is 1. The zero-order valence-corrected chi connectivity index (χ0v) is 22.1. The number of thiazole rings is 1. The number of carbonyl (C=O) groups is 2. The van der Waals surface area contributed by atoms with E-state index in [0.29, 0.717) is 38.2 Å². The summed E-state index contributed by atoms with van der Waals surface area (Å²) in [5, 5.41) is 5.70. The molecule has 3 aromatic rings. The second-order valence-corrected chi connectivity index (χ2v) is 10.4. The van der Waals surface area contributed by atoms with Crippen LogP contribution in [0.25, 0.3) is 0 Å². The Morgan fingerprint density at radius 3 is 2.53 bits per heavy atom. The van der Waals surface area contributed by atoms with Gasteiger partial charge in [0.15, 0.2) is 0 Å². The molecule has 190 valence electrons. The Labute approximate surface area is 219 Å². The molecule has 2 amide bonds. The second-order valence-electron chi connectivity index (χ2n) is 9.14. The van der Waals surface area contributed by atoms with Crippen molar-refractivity contribution in [3.63, 3.8) is 0 Å². The fraction of sp³-hybridized carbons (Fsp3) is 0.370. The number of hydrogen-bond acceptors (Lipinski definition) is 5. The molecule has 1 fully saturated rings. The molecule has 6 nitrogen and oxygen atoms in total. The van der Waals surface area contributed by atoms with E-state index < -0.39 is 11.7 Å². The molecular weight excluding hydrogens is 501 g/mol. The number of likely N-dealkylation sites (tertiary alicyclic amines) is 1. The van der Waals surface area contributed by atoms with Gasteiger partial charge < -0.3 is 15.0 Å². The lowest BCUT2D eigenvalue weighted by atomic mass is 9.97. The molecule has 1 atom stereocenters. The van der Waals surface area contributed by atoms with Gasteiger partial charge in [-0.2, -0.15) is 0 Å². The van der Waals surface area contributed by atoms with Crippen molar-refractivity contribution in [1.82, 2.24) is 15.2 Å². The molecule has 2 heterocycles. The Morgan fingerprint density at radius 2 is 1.86 bits per heavy atom. The summed E-state index contributed by atoms with van der Waals surface area (Å²) in [7, 11) is 0. The number of para-hydroxylation sites is 1. The summed E-state index contributed by atoms with van der Waals surface area (Å²) < 4.78 is 20.1. The van der Waals surface area contributed by atoms with Crippen LogP contribution in [0.4, 0.5) is 4.39 Å². The highest BCUT2D eigenvalue weighted by Gasteiger charge is 2.29. The molecule has 2 aromatic carbocycles. The summed E-state index contributed by atoms with van der Waals surface area (Å²) in [6.07, 6.45) is 1.37. The van der Waals surface area contributed by atoms with E-state index >= 15 is 0 Å². The molecule has 1 saturated heterocycles. The summed E-state index contributed by atoms with van der Waals surface area (Å²) in [6, 6.07) is 10.0. The molecule has 0 saturated carbocycles. The van der Waals surface area contributed by atoms with E-state index in [1.807, 2.05) is 39.0 Å². The number of carbonyl (C=O) groups excluding carboxylic acids is 2. The van der Waals surface area contributed by atoms with Crippen molar-refractivity contribution < 1.29 is 18.7 Å². The number of ether oxygens (including phenoxy) is 1. The maximum Gasteiger partial charge on any atom is 0.271 e. The van der Waals surface area contributed by atoms with Crippen LogP contribution in [0.15, 0.2) is 41.8 Å². The van der Waals surface area contributed by atoms with Gasteiger partial charge in [0, 0.05) is 24.4 Å². The number of rotatable bonds is 7. The van der Waals surface area contributed by atoms with Gasteiger partial charge in [-0.1, -0.05) is 35.9 Å². The first-order chi connectivity index (χ1) is 17.2. The van der Waals surface area contributed by atoms with E-state index in [4.69, 9.17) is 16.3 Å². The van der Waals surface area contributed by atoms with Gasteiger partial charge in [0.05, 0.1) is 21.6 Å². The van der Waals surface area contributed by atoms with Crippen molar-refractivity contribution in [2.24, 2.45) is 0 Å². The summed E-state index contributed by atoms with van der Waals surface area (Å²) in [6.45, 7) is 7.19. The van der Waals surface area contributed by atoms with Gasteiger partial charge in [-0.15, -0.1) is 11.3 Å². The van der Waals surface area contributed by atoms with E-state index in [2.05, 4.69) is 10.3 Å². The lowest BCUT2D eigenvalue weighted by molar-refractivity contribution is 0.0708. The van der Waals surface area contributed by atoms with Crippen molar-refractivity contribution >= 4 is 34.8 Å². The molecule has 0 bridgehead atoms. The van der Waals surface area contributed by atoms with E-state index in [1.165, 1.54) is 29.5 Å². The van der Waals surface area contributed by atoms with Crippen LogP contribution < -0.4 is 10.1 Å². The minimum absolute atomic E-state index is 0.0819. The number of piperidine rings is 1. The quantitative estimate of drug-likeness (QED) is 0.422. The highest BCUT2D eigenvalue weighted by Crippen LogP contribution is 2.32. The van der Waals surface area contributed by atoms with Crippen molar-refractivity contribution in [2.45, 2.75) is 45.6 Å². The van der Waals surface area contributed by atoms with Crippen LogP contribution in [-0.2, 0) is 0 Å². The van der Waals surface area contributed by atoms with Crippen LogP contribution in [0.5, 0.6) is 5.75 Å². The smallest absolute Gasteiger partial charge is 0.271 e. The zero-order chi connectivity index (χ0) is 25.8. The van der Waals surface area contributed by atoms with Crippen LogP contribution in [0.3, 0.4) is 0 Å². The van der Waals surface area contributed by atoms with Gasteiger partial charge in [0.1, 0.15) is 23.9 Å². The average molecular weight is 530 g/mol. The molecule has 1 aromatic heterocycles. The van der Waals surface area contributed by atoms with Gasteiger partial charge in [0.2, 0.25) is 0 Å². The summed E-state index contributed by atoms with van der Waals surface area (Å²) in [5.41, 5.74) is 2.41. The maximum absolute atomic E-state index is 14.2.